The zero-order valence-electron chi connectivity index (χ0n) is 20.9. The Bertz CT molecular complexity index is 2030. The van der Waals surface area contributed by atoms with E-state index in [1.807, 2.05) is 97.1 Å². The van der Waals surface area contributed by atoms with Crippen LogP contribution in [0.1, 0.15) is 0 Å². The van der Waals surface area contributed by atoms with Gasteiger partial charge in [0.25, 0.3) is 0 Å². The third-order valence-corrected chi connectivity index (χ3v) is 7.46. The molecule has 0 atom stereocenters. The van der Waals surface area contributed by atoms with Crippen molar-refractivity contribution in [2.45, 2.75) is 0 Å². The van der Waals surface area contributed by atoms with Crippen LogP contribution in [0.4, 0.5) is 0 Å². The molecule has 9 rings (SSSR count). The van der Waals surface area contributed by atoms with E-state index in [1.54, 1.807) is 0 Å². The van der Waals surface area contributed by atoms with E-state index in [0.29, 0.717) is 45.9 Å². The molecule has 0 fully saturated rings. The predicted octanol–water partition coefficient (Wildman–Crippen LogP) is 5.42. The summed E-state index contributed by atoms with van der Waals surface area (Å²) in [5, 5.41) is 3.82. The Kier molecular flexibility index (Phi) is 5.26. The summed E-state index contributed by atoms with van der Waals surface area (Å²) < 4.78 is 0. The van der Waals surface area contributed by atoms with Gasteiger partial charge in [-0.15, -0.1) is 0 Å². The Morgan fingerprint density at radius 1 is 0.317 bits per heavy atom. The van der Waals surface area contributed by atoms with Gasteiger partial charge in [-0.2, -0.15) is 0 Å². The van der Waals surface area contributed by atoms with Crippen molar-refractivity contribution in [3.05, 3.63) is 97.1 Å². The van der Waals surface area contributed by atoms with Crippen LogP contribution in [0, 0.1) is 0 Å². The molecular formula is C32H22N8Sn. The number of aromatic amines is 2. The Morgan fingerprint density at radius 3 is 0.829 bits per heavy atom. The van der Waals surface area contributed by atoms with Crippen molar-refractivity contribution in [2.24, 2.45) is 0 Å². The number of nitrogens with zero attached hydrogens (tertiary/aromatic N) is 6. The quantitative estimate of drug-likeness (QED) is 0.215. The molecule has 2 aliphatic rings. The molecule has 0 amide bonds. The molecule has 7 aromatic rings. The molecule has 0 spiro atoms. The minimum absolute atomic E-state index is 0. The van der Waals surface area contributed by atoms with Crippen molar-refractivity contribution in [1.29, 1.82) is 0 Å². The summed E-state index contributed by atoms with van der Waals surface area (Å²) >= 11 is 0. The average Bonchev–Trinajstić information content (AvgIpc) is 3.73. The molecule has 4 aromatic carbocycles. The van der Waals surface area contributed by atoms with E-state index in [-0.39, 0.29) is 23.9 Å². The SMILES string of the molecule is [SnH4].c1ccc2c(c1)-c1nc-2nc2[nH]c(nc3nc(nc4[nH]c(n1)c1ccccc41)-c1ccccc1-3)c1ccccc21. The van der Waals surface area contributed by atoms with Crippen LogP contribution in [0.15, 0.2) is 97.1 Å². The largest absolute Gasteiger partial charge is 0.324 e. The second-order valence-electron chi connectivity index (χ2n) is 9.79. The second kappa shape index (κ2) is 9.03. The van der Waals surface area contributed by atoms with Crippen LogP contribution in [0.25, 0.3) is 89.7 Å². The molecule has 0 saturated heterocycles. The van der Waals surface area contributed by atoms with Gasteiger partial charge in [-0.05, 0) is 0 Å². The average molecular weight is 637 g/mol. The number of aromatic nitrogens is 8. The van der Waals surface area contributed by atoms with Gasteiger partial charge in [-0.3, -0.25) is 0 Å². The summed E-state index contributed by atoms with van der Waals surface area (Å²) in [5.74, 6) is 2.39. The molecule has 2 aliphatic heterocycles. The molecule has 194 valence electrons. The normalized spacial score (nSPS) is 11.7. The van der Waals surface area contributed by atoms with E-state index >= 15 is 0 Å². The molecule has 8 nitrogen and oxygen atoms in total. The number of H-pyrrole nitrogens is 2. The van der Waals surface area contributed by atoms with Crippen LogP contribution >= 0.6 is 0 Å². The van der Waals surface area contributed by atoms with Crippen LogP contribution in [-0.4, -0.2) is 63.8 Å². The monoisotopic (exact) mass is 638 g/mol. The number of nitrogens with one attached hydrogen (secondary N) is 2. The first kappa shape index (κ1) is 23.9. The van der Waals surface area contributed by atoms with Gasteiger partial charge in [0.2, 0.25) is 0 Å². The van der Waals surface area contributed by atoms with Crippen molar-refractivity contribution in [2.75, 3.05) is 0 Å². The summed E-state index contributed by atoms with van der Waals surface area (Å²) in [6.45, 7) is 0. The van der Waals surface area contributed by atoms with Crippen LogP contribution in [0.2, 0.25) is 0 Å². The number of hydrogen-bond acceptors (Lipinski definition) is 6. The van der Waals surface area contributed by atoms with E-state index in [0.717, 1.165) is 43.8 Å². The van der Waals surface area contributed by atoms with Crippen molar-refractivity contribution in [3.8, 4) is 45.6 Å². The van der Waals surface area contributed by atoms with Gasteiger partial charge in [-0.1, -0.05) is 97.1 Å². The van der Waals surface area contributed by atoms with E-state index in [9.17, 15) is 0 Å². The van der Waals surface area contributed by atoms with Gasteiger partial charge in [0.1, 0.15) is 22.6 Å². The summed E-state index contributed by atoms with van der Waals surface area (Å²) in [6.07, 6.45) is 0. The van der Waals surface area contributed by atoms with Crippen LogP contribution in [-0.2, 0) is 0 Å². The second-order valence-corrected chi connectivity index (χ2v) is 9.79. The molecule has 41 heavy (non-hydrogen) atoms. The first-order chi connectivity index (χ1) is 19.8. The Balaban J connectivity index is 0.00000256. The number of fused-ring (bicyclic) bond motifs is 20. The fourth-order valence-corrected chi connectivity index (χ4v) is 5.59. The fourth-order valence-electron chi connectivity index (χ4n) is 5.59. The Labute approximate surface area is 249 Å². The molecule has 5 heterocycles. The molecule has 3 aromatic heterocycles. The summed E-state index contributed by atoms with van der Waals surface area (Å²) in [7, 11) is 0. The molecule has 0 saturated carbocycles. The van der Waals surface area contributed by atoms with Crippen molar-refractivity contribution < 1.29 is 0 Å². The van der Waals surface area contributed by atoms with Gasteiger partial charge in [0.15, 0.2) is 23.3 Å². The van der Waals surface area contributed by atoms with Crippen LogP contribution in [0.5, 0.6) is 0 Å². The van der Waals surface area contributed by atoms with E-state index in [2.05, 4.69) is 9.97 Å². The molecule has 0 aliphatic carbocycles. The molecule has 9 heteroatoms. The van der Waals surface area contributed by atoms with E-state index < -0.39 is 0 Å². The van der Waals surface area contributed by atoms with Crippen molar-refractivity contribution >= 4 is 68.0 Å². The molecular weight excluding hydrogens is 615 g/mol. The van der Waals surface area contributed by atoms with Crippen LogP contribution < -0.4 is 0 Å². The minimum Gasteiger partial charge on any atom is -0.324 e. The van der Waals surface area contributed by atoms with Gasteiger partial charge < -0.3 is 9.97 Å². The Hall–Kier alpha value is -4.96. The predicted molar refractivity (Wildman–Crippen MR) is 167 cm³/mol. The fraction of sp³-hybridized carbons (Fsp3) is 0. The third-order valence-electron chi connectivity index (χ3n) is 7.46. The Morgan fingerprint density at radius 2 is 0.561 bits per heavy atom. The zero-order valence-corrected chi connectivity index (χ0v) is 20.9. The number of hydrogen-bond donors (Lipinski definition) is 2. The van der Waals surface area contributed by atoms with Gasteiger partial charge in [0.05, 0.1) is 0 Å². The molecule has 0 radical (unpaired) electrons. The first-order valence-electron chi connectivity index (χ1n) is 13.0. The summed E-state index contributed by atoms with van der Waals surface area (Å²) in [6, 6.07) is 32.2. The van der Waals surface area contributed by atoms with Crippen LogP contribution in [0.3, 0.4) is 0 Å². The summed E-state index contributed by atoms with van der Waals surface area (Å²) in [5.41, 5.74) is 6.45. The van der Waals surface area contributed by atoms with Gasteiger partial charge >= 0.3 is 23.9 Å². The van der Waals surface area contributed by atoms with Crippen molar-refractivity contribution in [3.63, 3.8) is 0 Å². The first-order valence-corrected chi connectivity index (χ1v) is 13.0. The molecule has 0 unspecified atom stereocenters. The van der Waals surface area contributed by atoms with Gasteiger partial charge in [-0.25, -0.2) is 29.9 Å². The zero-order chi connectivity index (χ0) is 26.2. The maximum atomic E-state index is 5.02. The number of benzene rings is 4. The maximum absolute atomic E-state index is 5.02. The maximum Gasteiger partial charge on any atom is 0.164 e. The standard InChI is InChI=1S/C32H18N8.Sn.4H/c1-2-10-18-17(9-1)25-33-26(18)38-28-21-13-5-6-14-22(21)30(35-28)40-32-24-16-8-7-15-23(24)31(36-32)39-29-20-12-4-3-11-19(20)27(34-29)37-25;;;;;/h1-16H,(H2,33,34,35,36,37,38,39,40);;;;;. The smallest absolute Gasteiger partial charge is 0.164 e. The molecule has 8 bridgehead atoms. The summed E-state index contributed by atoms with van der Waals surface area (Å²) in [4.78, 5) is 36.8. The van der Waals surface area contributed by atoms with Crippen molar-refractivity contribution in [1.82, 2.24) is 39.9 Å². The van der Waals surface area contributed by atoms with E-state index in [1.165, 1.54) is 0 Å². The number of rotatable bonds is 0. The van der Waals surface area contributed by atoms with Gasteiger partial charge in [0, 0.05) is 43.8 Å². The van der Waals surface area contributed by atoms with E-state index in [4.69, 9.17) is 29.9 Å². The molecule has 2 N–H and O–H groups in total. The minimum atomic E-state index is 0. The third kappa shape index (κ3) is 3.60. The topological polar surface area (TPSA) is 109 Å².